The SMILES string of the molecule is Cc1cc(N[C@@H](CC(C)C)C(=O)NCCCOC(C)C)nc(NCCc2ccc(F)cc2)n1. The van der Waals surface area contributed by atoms with Crippen LogP contribution in [0.2, 0.25) is 0 Å². The fraction of sp³-hybridized carbons (Fsp3) is 0.560. The van der Waals surface area contributed by atoms with Crippen LogP contribution in [0.5, 0.6) is 0 Å². The van der Waals surface area contributed by atoms with Gasteiger partial charge >= 0.3 is 0 Å². The highest BCUT2D eigenvalue weighted by molar-refractivity contribution is 5.84. The maximum Gasteiger partial charge on any atom is 0.242 e. The fourth-order valence-corrected chi connectivity index (χ4v) is 3.30. The van der Waals surface area contributed by atoms with Gasteiger partial charge in [-0.25, -0.2) is 9.37 Å². The molecule has 0 saturated heterocycles. The first-order chi connectivity index (χ1) is 15.7. The predicted molar refractivity (Wildman–Crippen MR) is 131 cm³/mol. The largest absolute Gasteiger partial charge is 0.379 e. The summed E-state index contributed by atoms with van der Waals surface area (Å²) in [5, 5.41) is 9.51. The first-order valence-corrected chi connectivity index (χ1v) is 11.7. The zero-order valence-corrected chi connectivity index (χ0v) is 20.5. The van der Waals surface area contributed by atoms with Crippen LogP contribution in [0.1, 0.15) is 51.8 Å². The molecule has 1 heterocycles. The third-order valence-corrected chi connectivity index (χ3v) is 4.88. The second-order valence-corrected chi connectivity index (χ2v) is 8.91. The number of ether oxygens (including phenoxy) is 1. The third kappa shape index (κ3) is 10.6. The summed E-state index contributed by atoms with van der Waals surface area (Å²) in [6.45, 7) is 11.9. The Hall–Kier alpha value is -2.74. The van der Waals surface area contributed by atoms with E-state index in [0.717, 1.165) is 24.1 Å². The zero-order valence-electron chi connectivity index (χ0n) is 20.5. The van der Waals surface area contributed by atoms with Gasteiger partial charge in [0.15, 0.2) is 0 Å². The number of aryl methyl sites for hydroxylation is 1. The molecule has 2 rings (SSSR count). The van der Waals surface area contributed by atoms with E-state index in [-0.39, 0.29) is 17.8 Å². The van der Waals surface area contributed by atoms with Crippen molar-refractivity contribution in [3.8, 4) is 0 Å². The first-order valence-electron chi connectivity index (χ1n) is 11.7. The molecule has 0 radical (unpaired) electrons. The van der Waals surface area contributed by atoms with Crippen LogP contribution >= 0.6 is 0 Å². The Morgan fingerprint density at radius 3 is 2.48 bits per heavy atom. The molecule has 1 aromatic heterocycles. The Kier molecular flexibility index (Phi) is 11.0. The van der Waals surface area contributed by atoms with Crippen LogP contribution in [0.4, 0.5) is 16.2 Å². The number of anilines is 2. The second kappa shape index (κ2) is 13.7. The van der Waals surface area contributed by atoms with Crippen LogP contribution in [0.15, 0.2) is 30.3 Å². The number of hydrogen-bond donors (Lipinski definition) is 3. The number of halogens is 1. The van der Waals surface area contributed by atoms with Crippen molar-refractivity contribution in [2.45, 2.75) is 66.0 Å². The summed E-state index contributed by atoms with van der Waals surface area (Å²) >= 11 is 0. The van der Waals surface area contributed by atoms with Crippen molar-refractivity contribution < 1.29 is 13.9 Å². The van der Waals surface area contributed by atoms with Crippen molar-refractivity contribution in [2.75, 3.05) is 30.3 Å². The van der Waals surface area contributed by atoms with E-state index in [1.165, 1.54) is 12.1 Å². The number of aromatic nitrogens is 2. The van der Waals surface area contributed by atoms with E-state index in [0.29, 0.717) is 43.8 Å². The summed E-state index contributed by atoms with van der Waals surface area (Å²) in [5.41, 5.74) is 1.83. The van der Waals surface area contributed by atoms with Crippen LogP contribution < -0.4 is 16.0 Å². The molecule has 8 heteroatoms. The van der Waals surface area contributed by atoms with Crippen LogP contribution in [0, 0.1) is 18.7 Å². The minimum absolute atomic E-state index is 0.0460. The van der Waals surface area contributed by atoms with Gasteiger partial charge in [0.1, 0.15) is 17.7 Å². The maximum atomic E-state index is 13.1. The summed E-state index contributed by atoms with van der Waals surface area (Å²) in [7, 11) is 0. The summed E-state index contributed by atoms with van der Waals surface area (Å²) in [4.78, 5) is 21.8. The van der Waals surface area contributed by atoms with Crippen molar-refractivity contribution in [1.29, 1.82) is 0 Å². The molecule has 2 aromatic rings. The predicted octanol–water partition coefficient (Wildman–Crippen LogP) is 4.34. The molecular weight excluding hydrogens is 421 g/mol. The Bertz CT molecular complexity index is 858. The minimum atomic E-state index is -0.391. The van der Waals surface area contributed by atoms with Gasteiger partial charge in [0.2, 0.25) is 11.9 Å². The number of carbonyl (C=O) groups excluding carboxylic acids is 1. The normalized spacial score (nSPS) is 12.1. The van der Waals surface area contributed by atoms with Gasteiger partial charge in [0.25, 0.3) is 0 Å². The molecule has 33 heavy (non-hydrogen) atoms. The average Bonchev–Trinajstić information content (AvgIpc) is 2.73. The van der Waals surface area contributed by atoms with Crippen molar-refractivity contribution in [3.63, 3.8) is 0 Å². The van der Waals surface area contributed by atoms with Gasteiger partial charge in [-0.2, -0.15) is 4.98 Å². The molecule has 0 fully saturated rings. The Balaban J connectivity index is 1.93. The van der Waals surface area contributed by atoms with E-state index >= 15 is 0 Å². The van der Waals surface area contributed by atoms with Gasteiger partial charge < -0.3 is 20.7 Å². The smallest absolute Gasteiger partial charge is 0.242 e. The monoisotopic (exact) mass is 459 g/mol. The number of hydrogen-bond acceptors (Lipinski definition) is 6. The van der Waals surface area contributed by atoms with Crippen LogP contribution in [-0.4, -0.2) is 47.7 Å². The van der Waals surface area contributed by atoms with Crippen LogP contribution in [0.25, 0.3) is 0 Å². The number of amides is 1. The lowest BCUT2D eigenvalue weighted by Crippen LogP contribution is -2.41. The molecular formula is C25H38FN5O2. The highest BCUT2D eigenvalue weighted by atomic mass is 19.1. The third-order valence-electron chi connectivity index (χ3n) is 4.88. The minimum Gasteiger partial charge on any atom is -0.379 e. The van der Waals surface area contributed by atoms with E-state index < -0.39 is 6.04 Å². The lowest BCUT2D eigenvalue weighted by Gasteiger charge is -2.21. The van der Waals surface area contributed by atoms with Gasteiger partial charge in [-0.3, -0.25) is 4.79 Å². The molecule has 0 bridgehead atoms. The van der Waals surface area contributed by atoms with E-state index in [9.17, 15) is 9.18 Å². The molecule has 0 unspecified atom stereocenters. The Labute approximate surface area is 196 Å². The van der Waals surface area contributed by atoms with Gasteiger partial charge in [-0.05, 0) is 63.6 Å². The zero-order chi connectivity index (χ0) is 24.2. The van der Waals surface area contributed by atoms with Crippen LogP contribution in [-0.2, 0) is 16.0 Å². The Morgan fingerprint density at radius 2 is 1.82 bits per heavy atom. The van der Waals surface area contributed by atoms with Crippen molar-refractivity contribution in [1.82, 2.24) is 15.3 Å². The molecule has 1 aromatic carbocycles. The molecule has 0 spiro atoms. The fourth-order valence-electron chi connectivity index (χ4n) is 3.30. The molecule has 0 aliphatic heterocycles. The molecule has 0 aliphatic carbocycles. The number of rotatable bonds is 14. The number of nitrogens with one attached hydrogen (secondary N) is 3. The van der Waals surface area contributed by atoms with Crippen molar-refractivity contribution in [2.24, 2.45) is 5.92 Å². The highest BCUT2D eigenvalue weighted by Crippen LogP contribution is 2.15. The van der Waals surface area contributed by atoms with Gasteiger partial charge in [0.05, 0.1) is 6.10 Å². The molecule has 1 amide bonds. The molecule has 7 nitrogen and oxygen atoms in total. The second-order valence-electron chi connectivity index (χ2n) is 8.91. The van der Waals surface area contributed by atoms with Crippen molar-refractivity contribution in [3.05, 3.63) is 47.4 Å². The highest BCUT2D eigenvalue weighted by Gasteiger charge is 2.20. The summed E-state index contributed by atoms with van der Waals surface area (Å²) in [6, 6.07) is 7.89. The molecule has 1 atom stereocenters. The molecule has 0 saturated carbocycles. The Morgan fingerprint density at radius 1 is 1.09 bits per heavy atom. The topological polar surface area (TPSA) is 88.2 Å². The quantitative estimate of drug-likeness (QED) is 0.364. The van der Waals surface area contributed by atoms with Crippen LogP contribution in [0.3, 0.4) is 0 Å². The van der Waals surface area contributed by atoms with E-state index in [2.05, 4.69) is 39.8 Å². The number of benzene rings is 1. The van der Waals surface area contributed by atoms with Gasteiger partial charge in [-0.15, -0.1) is 0 Å². The lowest BCUT2D eigenvalue weighted by molar-refractivity contribution is -0.122. The van der Waals surface area contributed by atoms with Gasteiger partial charge in [0, 0.05) is 31.5 Å². The standard InChI is InChI=1S/C25H38FN5O2/c1-17(2)15-22(24(32)27-12-6-14-33-18(3)4)30-23-16-19(5)29-25(31-23)28-13-11-20-7-9-21(26)10-8-20/h7-10,16-18,22H,6,11-15H2,1-5H3,(H,27,32)(H2,28,29,30,31)/t22-/m0/s1. The average molecular weight is 460 g/mol. The van der Waals surface area contributed by atoms with Crippen molar-refractivity contribution >= 4 is 17.7 Å². The lowest BCUT2D eigenvalue weighted by atomic mass is 10.0. The maximum absolute atomic E-state index is 13.1. The first kappa shape index (κ1) is 26.5. The van der Waals surface area contributed by atoms with E-state index in [1.54, 1.807) is 12.1 Å². The van der Waals surface area contributed by atoms with Gasteiger partial charge in [-0.1, -0.05) is 26.0 Å². The summed E-state index contributed by atoms with van der Waals surface area (Å²) in [6.07, 6.45) is 2.37. The molecule has 182 valence electrons. The number of carbonyl (C=O) groups is 1. The van der Waals surface area contributed by atoms with E-state index in [1.807, 2.05) is 26.8 Å². The molecule has 3 N–H and O–H groups in total. The summed E-state index contributed by atoms with van der Waals surface area (Å²) < 4.78 is 18.6. The number of nitrogens with zero attached hydrogens (tertiary/aromatic N) is 2. The van der Waals surface area contributed by atoms with E-state index in [4.69, 9.17) is 4.74 Å². The molecule has 0 aliphatic rings. The summed E-state index contributed by atoms with van der Waals surface area (Å²) in [5.74, 6) is 1.15.